The predicted octanol–water partition coefficient (Wildman–Crippen LogP) is 6.49. The number of nitrogens with zero attached hydrogens (tertiary/aromatic N) is 2. The van der Waals surface area contributed by atoms with E-state index in [4.69, 9.17) is 37.6 Å². The number of hydrogen-bond donors (Lipinski definition) is 1. The smallest absolute Gasteiger partial charge is 0.335 e. The number of ether oxygens (including phenoxy) is 1. The predicted molar refractivity (Wildman–Crippen MR) is 130 cm³/mol. The average Bonchev–Trinajstić information content (AvgIpc) is 3.18. The summed E-state index contributed by atoms with van der Waals surface area (Å²) in [6.07, 6.45) is 2.66. The van der Waals surface area contributed by atoms with E-state index in [0.29, 0.717) is 51.7 Å². The second kappa shape index (κ2) is 8.50. The van der Waals surface area contributed by atoms with E-state index in [1.807, 2.05) is 12.1 Å². The van der Waals surface area contributed by atoms with Crippen molar-refractivity contribution >= 4 is 34.9 Å². The summed E-state index contributed by atoms with van der Waals surface area (Å²) < 4.78 is 26.9. The van der Waals surface area contributed by atoms with Gasteiger partial charge in [-0.3, -0.25) is 0 Å². The fraction of sp³-hybridized carbons (Fsp3) is 0.385. The van der Waals surface area contributed by atoms with Crippen LogP contribution in [0, 0.1) is 5.92 Å². The van der Waals surface area contributed by atoms with Gasteiger partial charge in [-0.15, -0.1) is 0 Å². The number of aromatic carboxylic acids is 1. The monoisotopic (exact) mass is 516 g/mol. The van der Waals surface area contributed by atoms with Crippen LogP contribution in [0.5, 0.6) is 0 Å². The van der Waals surface area contributed by atoms with Gasteiger partial charge in [0.2, 0.25) is 0 Å². The first-order chi connectivity index (χ1) is 16.8. The number of piperidine rings is 1. The summed E-state index contributed by atoms with van der Waals surface area (Å²) in [6.45, 7) is 0.997. The molecule has 3 fully saturated rings. The lowest BCUT2D eigenvalue weighted by Gasteiger charge is -2.33. The number of aromatic nitrogens is 1. The van der Waals surface area contributed by atoms with Crippen molar-refractivity contribution in [3.8, 4) is 11.3 Å². The van der Waals surface area contributed by atoms with E-state index < -0.39 is 11.6 Å². The quantitative estimate of drug-likeness (QED) is 0.386. The minimum Gasteiger partial charge on any atom is -0.478 e. The van der Waals surface area contributed by atoms with Crippen molar-refractivity contribution in [1.82, 2.24) is 5.16 Å². The Hall–Kier alpha value is -2.61. The fourth-order valence-corrected chi connectivity index (χ4v) is 6.04. The molecular formula is C26H23Cl2FN2O4. The van der Waals surface area contributed by atoms with E-state index in [0.717, 1.165) is 25.1 Å². The molecule has 1 aliphatic heterocycles. The van der Waals surface area contributed by atoms with Crippen LogP contribution in [-0.2, 0) is 17.0 Å². The van der Waals surface area contributed by atoms with Crippen molar-refractivity contribution in [2.45, 2.75) is 50.1 Å². The van der Waals surface area contributed by atoms with Crippen molar-refractivity contribution in [2.24, 2.45) is 5.92 Å². The van der Waals surface area contributed by atoms with Crippen LogP contribution >= 0.6 is 23.2 Å². The van der Waals surface area contributed by atoms with E-state index in [1.165, 1.54) is 0 Å². The number of fused-ring (bicyclic) bond motifs is 2. The van der Waals surface area contributed by atoms with Gasteiger partial charge in [-0.1, -0.05) is 34.4 Å². The molecule has 2 aliphatic carbocycles. The first-order valence-electron chi connectivity index (χ1n) is 11.7. The van der Waals surface area contributed by atoms with Crippen LogP contribution in [0.2, 0.25) is 10.0 Å². The van der Waals surface area contributed by atoms with Crippen LogP contribution < -0.4 is 4.90 Å². The molecule has 1 N–H and O–H groups in total. The second-order valence-corrected chi connectivity index (χ2v) is 10.5. The van der Waals surface area contributed by atoms with Crippen LogP contribution in [0.4, 0.5) is 10.1 Å². The molecule has 9 heteroatoms. The molecule has 2 saturated carbocycles. The highest BCUT2D eigenvalue weighted by Crippen LogP contribution is 2.53. The molecule has 2 heterocycles. The van der Waals surface area contributed by atoms with Crippen molar-refractivity contribution in [3.63, 3.8) is 0 Å². The molecule has 0 amide bonds. The largest absolute Gasteiger partial charge is 0.478 e. The third-order valence-corrected chi connectivity index (χ3v) is 8.08. The van der Waals surface area contributed by atoms with Gasteiger partial charge in [-0.25, -0.2) is 9.18 Å². The lowest BCUT2D eigenvalue weighted by Crippen LogP contribution is -2.38. The van der Waals surface area contributed by atoms with Gasteiger partial charge < -0.3 is 19.3 Å². The molecule has 3 atom stereocenters. The number of halogens is 3. The van der Waals surface area contributed by atoms with E-state index in [9.17, 15) is 4.79 Å². The van der Waals surface area contributed by atoms with E-state index in [1.54, 1.807) is 30.3 Å². The molecule has 35 heavy (non-hydrogen) atoms. The van der Waals surface area contributed by atoms with Crippen LogP contribution in [0.3, 0.4) is 0 Å². The van der Waals surface area contributed by atoms with E-state index in [2.05, 4.69) is 10.1 Å². The van der Waals surface area contributed by atoms with E-state index >= 15 is 4.39 Å². The van der Waals surface area contributed by atoms with Crippen molar-refractivity contribution in [1.29, 1.82) is 0 Å². The van der Waals surface area contributed by atoms with Gasteiger partial charge in [0.05, 0.1) is 33.9 Å². The Labute approximate surface area is 211 Å². The van der Waals surface area contributed by atoms with Crippen LogP contribution in [0.15, 0.2) is 47.0 Å². The van der Waals surface area contributed by atoms with Gasteiger partial charge in [0.15, 0.2) is 11.4 Å². The van der Waals surface area contributed by atoms with Gasteiger partial charge in [0.25, 0.3) is 0 Å². The number of carbonyl (C=O) groups is 1. The number of alkyl halides is 1. The highest BCUT2D eigenvalue weighted by Gasteiger charge is 2.51. The van der Waals surface area contributed by atoms with Crippen LogP contribution in [0.25, 0.3) is 11.3 Å². The molecule has 6 rings (SSSR count). The highest BCUT2D eigenvalue weighted by atomic mass is 35.5. The number of carboxylic acid groups (broad SMARTS) is 1. The summed E-state index contributed by atoms with van der Waals surface area (Å²) in [4.78, 5) is 13.5. The zero-order valence-electron chi connectivity index (χ0n) is 18.7. The topological polar surface area (TPSA) is 75.8 Å². The van der Waals surface area contributed by atoms with E-state index in [-0.39, 0.29) is 24.0 Å². The maximum absolute atomic E-state index is 15.1. The van der Waals surface area contributed by atoms with Crippen molar-refractivity contribution in [2.75, 3.05) is 11.4 Å². The third-order valence-electron chi connectivity index (χ3n) is 7.45. The molecule has 0 unspecified atom stereocenters. The standard InChI is InChI=1S/C26H23Cl2FN2O4/c27-19-2-1-3-20(28)22(19)23-18(24(35-30-23)26(29)8-9-26)13-34-21-11-17-10-15(21)12-31(17)16-6-4-14(5-7-16)25(32)33/h1-7,15,17,21H,8-13H2,(H,32,33)/t15-,17-,21+/m0/s1. The Morgan fingerprint density at radius 3 is 2.49 bits per heavy atom. The van der Waals surface area contributed by atoms with Crippen LogP contribution in [0.1, 0.15) is 47.4 Å². The second-order valence-electron chi connectivity index (χ2n) is 9.64. The molecule has 2 aromatic carbocycles. The van der Waals surface area contributed by atoms with Gasteiger partial charge in [-0.05, 0) is 62.1 Å². The van der Waals surface area contributed by atoms with Gasteiger partial charge in [0, 0.05) is 29.8 Å². The minimum absolute atomic E-state index is 0.0293. The Kier molecular flexibility index (Phi) is 5.55. The highest BCUT2D eigenvalue weighted by molar-refractivity contribution is 6.39. The Morgan fingerprint density at radius 2 is 1.89 bits per heavy atom. The summed E-state index contributed by atoms with van der Waals surface area (Å²) >= 11 is 12.8. The Morgan fingerprint density at radius 1 is 1.17 bits per heavy atom. The molecule has 0 spiro atoms. The minimum atomic E-state index is -1.51. The molecule has 3 aromatic rings. The molecule has 1 saturated heterocycles. The SMILES string of the molecule is O=C(O)c1ccc(N2C[C@@H]3C[C@H]2C[C@H]3OCc2c(-c3c(Cl)cccc3Cl)noc2C2(F)CC2)cc1. The first-order valence-corrected chi connectivity index (χ1v) is 12.4. The summed E-state index contributed by atoms with van der Waals surface area (Å²) in [5.74, 6) is -0.387. The molecule has 0 radical (unpaired) electrons. The summed E-state index contributed by atoms with van der Waals surface area (Å²) in [5.41, 5.74) is 1.32. The number of carboxylic acids is 1. The number of benzene rings is 2. The summed E-state index contributed by atoms with van der Waals surface area (Å²) in [6, 6.07) is 12.5. The first kappa shape index (κ1) is 22.8. The summed E-state index contributed by atoms with van der Waals surface area (Å²) in [7, 11) is 0. The van der Waals surface area contributed by atoms with Crippen molar-refractivity contribution < 1.29 is 23.6 Å². The number of rotatable bonds is 7. The van der Waals surface area contributed by atoms with Crippen molar-refractivity contribution in [3.05, 3.63) is 69.4 Å². The van der Waals surface area contributed by atoms with Gasteiger partial charge in [0.1, 0.15) is 5.69 Å². The van der Waals surface area contributed by atoms with Gasteiger partial charge >= 0.3 is 5.97 Å². The molecular weight excluding hydrogens is 494 g/mol. The lowest BCUT2D eigenvalue weighted by molar-refractivity contribution is 0.0114. The van der Waals surface area contributed by atoms with Crippen LogP contribution in [-0.4, -0.2) is 34.9 Å². The molecule has 2 bridgehead atoms. The maximum atomic E-state index is 15.1. The normalized spacial score (nSPS) is 24.2. The Bertz CT molecular complexity index is 1270. The third kappa shape index (κ3) is 3.99. The average molecular weight is 517 g/mol. The molecule has 1 aromatic heterocycles. The lowest BCUT2D eigenvalue weighted by atomic mass is 10.0. The number of anilines is 1. The molecule has 6 nitrogen and oxygen atoms in total. The zero-order valence-corrected chi connectivity index (χ0v) is 20.2. The molecule has 3 aliphatic rings. The fourth-order valence-electron chi connectivity index (χ4n) is 5.47. The summed E-state index contributed by atoms with van der Waals surface area (Å²) in [5, 5.41) is 14.1. The maximum Gasteiger partial charge on any atom is 0.335 e. The molecule has 182 valence electrons. The number of hydrogen-bond acceptors (Lipinski definition) is 5. The Balaban J connectivity index is 1.19. The van der Waals surface area contributed by atoms with Gasteiger partial charge in [-0.2, -0.15) is 0 Å². The zero-order chi connectivity index (χ0) is 24.3.